The van der Waals surface area contributed by atoms with Crippen LogP contribution in [0.4, 0.5) is 14.5 Å². The Hall–Kier alpha value is -2.19. The Kier molecular flexibility index (Phi) is 4.42. The summed E-state index contributed by atoms with van der Waals surface area (Å²) in [4.78, 5) is 25.3. The molecule has 6 nitrogen and oxygen atoms in total. The quantitative estimate of drug-likeness (QED) is 0.858. The summed E-state index contributed by atoms with van der Waals surface area (Å²) in [5.74, 6) is -2.22. The van der Waals surface area contributed by atoms with E-state index in [1.54, 1.807) is 4.90 Å². The van der Waals surface area contributed by atoms with Gasteiger partial charge in [0.2, 0.25) is 5.43 Å². The summed E-state index contributed by atoms with van der Waals surface area (Å²) in [6, 6.07) is 0.675. The molecule has 0 radical (unpaired) electrons. The molecule has 0 saturated carbocycles. The van der Waals surface area contributed by atoms with Crippen LogP contribution < -0.4 is 16.1 Å². The zero-order valence-corrected chi connectivity index (χ0v) is 14.1. The molecule has 2 aromatic rings. The summed E-state index contributed by atoms with van der Waals surface area (Å²) >= 11 is 6.36. The molecule has 1 aliphatic rings. The van der Waals surface area contributed by atoms with E-state index in [0.717, 1.165) is 12.3 Å². The largest absolute Gasteiger partial charge is 0.477 e. The Morgan fingerprint density at radius 3 is 2.72 bits per heavy atom. The maximum atomic E-state index is 14.6. The van der Waals surface area contributed by atoms with Gasteiger partial charge < -0.3 is 20.3 Å². The number of carboxylic acids is 1. The van der Waals surface area contributed by atoms with Crippen molar-refractivity contribution in [2.24, 2.45) is 5.73 Å². The molecule has 9 heteroatoms. The molecule has 3 rings (SSSR count). The molecule has 3 N–H and O–H groups in total. The molecule has 0 amide bonds. The Bertz CT molecular complexity index is 931. The monoisotopic (exact) mass is 371 g/mol. The van der Waals surface area contributed by atoms with Gasteiger partial charge in [0.1, 0.15) is 18.1 Å². The highest BCUT2D eigenvalue weighted by atomic mass is 35.5. The number of benzene rings is 1. The van der Waals surface area contributed by atoms with E-state index in [9.17, 15) is 18.4 Å². The zero-order chi connectivity index (χ0) is 18.5. The van der Waals surface area contributed by atoms with Gasteiger partial charge in [0.15, 0.2) is 0 Å². The minimum absolute atomic E-state index is 0.0590. The zero-order valence-electron chi connectivity index (χ0n) is 13.3. The predicted octanol–water partition coefficient (Wildman–Crippen LogP) is 2.00. The number of aromatic carboxylic acids is 1. The van der Waals surface area contributed by atoms with Crippen LogP contribution in [-0.4, -0.2) is 40.9 Å². The smallest absolute Gasteiger partial charge is 0.341 e. The third-order valence-electron chi connectivity index (χ3n) is 4.59. The highest BCUT2D eigenvalue weighted by Crippen LogP contribution is 2.39. The Morgan fingerprint density at radius 1 is 1.52 bits per heavy atom. The minimum atomic E-state index is -1.47. The van der Waals surface area contributed by atoms with Crippen LogP contribution in [0.2, 0.25) is 5.02 Å². The van der Waals surface area contributed by atoms with Crippen molar-refractivity contribution in [2.45, 2.75) is 25.6 Å². The van der Waals surface area contributed by atoms with Gasteiger partial charge in [-0.2, -0.15) is 0 Å². The first-order valence-corrected chi connectivity index (χ1v) is 8.02. The molecule has 2 atom stereocenters. The van der Waals surface area contributed by atoms with E-state index in [-0.39, 0.29) is 40.2 Å². The van der Waals surface area contributed by atoms with Gasteiger partial charge in [-0.05, 0) is 13.0 Å². The number of nitrogens with zero attached hydrogens (tertiary/aromatic N) is 2. The topological polar surface area (TPSA) is 88.6 Å². The van der Waals surface area contributed by atoms with Gasteiger partial charge in [-0.3, -0.25) is 4.79 Å². The first-order valence-electron chi connectivity index (χ1n) is 7.64. The Morgan fingerprint density at radius 2 is 2.20 bits per heavy atom. The van der Waals surface area contributed by atoms with Crippen molar-refractivity contribution in [3.05, 3.63) is 38.9 Å². The second-order valence-corrected chi connectivity index (χ2v) is 6.41. The summed E-state index contributed by atoms with van der Waals surface area (Å²) in [7, 11) is 0. The number of carbonyl (C=O) groups is 1. The number of pyridine rings is 1. The normalized spacial score (nSPS) is 20.0. The molecule has 0 spiro atoms. The van der Waals surface area contributed by atoms with E-state index in [4.69, 9.17) is 22.4 Å². The fraction of sp³-hybridized carbons (Fsp3) is 0.375. The average molecular weight is 372 g/mol. The van der Waals surface area contributed by atoms with E-state index in [0.29, 0.717) is 6.54 Å². The van der Waals surface area contributed by atoms with Crippen LogP contribution in [0.3, 0.4) is 0 Å². The number of alkyl halides is 1. The number of rotatable bonds is 4. The summed E-state index contributed by atoms with van der Waals surface area (Å²) in [5, 5.41) is 8.90. The third kappa shape index (κ3) is 2.65. The van der Waals surface area contributed by atoms with E-state index in [1.807, 2.05) is 6.92 Å². The van der Waals surface area contributed by atoms with Crippen molar-refractivity contribution in [3.8, 4) is 0 Å². The van der Waals surface area contributed by atoms with Crippen molar-refractivity contribution >= 4 is 34.2 Å². The molecule has 0 aliphatic carbocycles. The van der Waals surface area contributed by atoms with Crippen LogP contribution in [0.25, 0.3) is 10.9 Å². The SMILES string of the molecule is C[C@@H]1[C@@H](N)CN1c1c(F)cc2c(=O)c(C(=O)O)cn(CCF)c2c1Cl. The molecule has 134 valence electrons. The maximum Gasteiger partial charge on any atom is 0.341 e. The summed E-state index contributed by atoms with van der Waals surface area (Å²) in [5.41, 5.74) is 4.60. The maximum absolute atomic E-state index is 14.6. The molecule has 1 aromatic carbocycles. The van der Waals surface area contributed by atoms with Crippen LogP contribution in [0, 0.1) is 5.82 Å². The fourth-order valence-electron chi connectivity index (χ4n) is 3.09. The lowest BCUT2D eigenvalue weighted by atomic mass is 9.97. The molecule has 1 fully saturated rings. The first-order chi connectivity index (χ1) is 11.8. The van der Waals surface area contributed by atoms with Crippen molar-refractivity contribution in [1.29, 1.82) is 0 Å². The lowest BCUT2D eigenvalue weighted by molar-refractivity contribution is 0.0694. The Labute approximate surface area is 146 Å². The van der Waals surface area contributed by atoms with Crippen LogP contribution in [-0.2, 0) is 6.54 Å². The molecular formula is C16H16ClF2N3O3. The highest BCUT2D eigenvalue weighted by Gasteiger charge is 2.36. The van der Waals surface area contributed by atoms with Gasteiger partial charge in [-0.1, -0.05) is 11.6 Å². The van der Waals surface area contributed by atoms with Crippen molar-refractivity contribution < 1.29 is 18.7 Å². The van der Waals surface area contributed by atoms with Crippen molar-refractivity contribution in [3.63, 3.8) is 0 Å². The molecule has 0 unspecified atom stereocenters. The highest BCUT2D eigenvalue weighted by molar-refractivity contribution is 6.38. The number of carboxylic acid groups (broad SMARTS) is 1. The summed E-state index contributed by atoms with van der Waals surface area (Å²) in [6.45, 7) is 1.20. The average Bonchev–Trinajstić information content (AvgIpc) is 2.56. The van der Waals surface area contributed by atoms with Crippen LogP contribution in [0.5, 0.6) is 0 Å². The second-order valence-electron chi connectivity index (χ2n) is 6.03. The number of fused-ring (bicyclic) bond motifs is 1. The molecule has 0 bridgehead atoms. The third-order valence-corrected chi connectivity index (χ3v) is 4.95. The fourth-order valence-corrected chi connectivity index (χ4v) is 3.50. The molecule has 1 aliphatic heterocycles. The van der Waals surface area contributed by atoms with Gasteiger partial charge in [-0.25, -0.2) is 13.6 Å². The van der Waals surface area contributed by atoms with Gasteiger partial charge in [0.25, 0.3) is 0 Å². The molecule has 2 heterocycles. The predicted molar refractivity (Wildman–Crippen MR) is 90.9 cm³/mol. The van der Waals surface area contributed by atoms with Crippen LogP contribution >= 0.6 is 11.6 Å². The van der Waals surface area contributed by atoms with Gasteiger partial charge in [-0.15, -0.1) is 0 Å². The van der Waals surface area contributed by atoms with E-state index >= 15 is 0 Å². The standard InChI is InChI=1S/C16H16ClF2N3O3/c1-7-11(20)6-22(7)14-10(19)4-8-13(12(14)17)21(3-2-18)5-9(15(8)23)16(24)25/h4-5,7,11H,2-3,6,20H2,1H3,(H,24,25)/t7-,11+/m1/s1. The van der Waals surface area contributed by atoms with E-state index in [2.05, 4.69) is 0 Å². The van der Waals surface area contributed by atoms with Gasteiger partial charge in [0.05, 0.1) is 28.2 Å². The first kappa shape index (κ1) is 17.6. The Balaban J connectivity index is 2.34. The summed E-state index contributed by atoms with van der Waals surface area (Å²) < 4.78 is 28.8. The lowest BCUT2D eigenvalue weighted by Crippen LogP contribution is -2.63. The van der Waals surface area contributed by atoms with Crippen molar-refractivity contribution in [1.82, 2.24) is 4.57 Å². The van der Waals surface area contributed by atoms with Crippen LogP contribution in [0.1, 0.15) is 17.3 Å². The van der Waals surface area contributed by atoms with E-state index in [1.165, 1.54) is 4.57 Å². The number of aromatic nitrogens is 1. The van der Waals surface area contributed by atoms with Gasteiger partial charge in [0, 0.05) is 24.8 Å². The number of hydrogen-bond donors (Lipinski definition) is 2. The number of hydrogen-bond acceptors (Lipinski definition) is 4. The minimum Gasteiger partial charge on any atom is -0.477 e. The van der Waals surface area contributed by atoms with Crippen LogP contribution in [0.15, 0.2) is 17.1 Å². The van der Waals surface area contributed by atoms with Crippen molar-refractivity contribution in [2.75, 3.05) is 18.1 Å². The lowest BCUT2D eigenvalue weighted by Gasteiger charge is -2.46. The van der Waals surface area contributed by atoms with Gasteiger partial charge >= 0.3 is 5.97 Å². The summed E-state index contributed by atoms with van der Waals surface area (Å²) in [6.07, 6.45) is 1.03. The number of aryl methyl sites for hydroxylation is 1. The molecule has 1 saturated heterocycles. The molecular weight excluding hydrogens is 356 g/mol. The molecule has 25 heavy (non-hydrogen) atoms. The number of halogens is 3. The number of nitrogens with two attached hydrogens (primary N) is 1. The molecule has 1 aromatic heterocycles. The van der Waals surface area contributed by atoms with E-state index < -0.39 is 29.5 Å². The number of anilines is 1. The second kappa shape index (κ2) is 6.27.